The molecular formula is C21H27N3O3. The summed E-state index contributed by atoms with van der Waals surface area (Å²) in [5.74, 6) is 0.499. The molecule has 27 heavy (non-hydrogen) atoms. The summed E-state index contributed by atoms with van der Waals surface area (Å²) in [6, 6.07) is 17.0. The number of nitrogens with zero attached hydrogens (tertiary/aromatic N) is 2. The highest BCUT2D eigenvalue weighted by Gasteiger charge is 2.16. The van der Waals surface area contributed by atoms with Crippen LogP contribution in [0.15, 0.2) is 54.6 Å². The van der Waals surface area contributed by atoms with Crippen molar-refractivity contribution in [2.75, 3.05) is 39.1 Å². The first-order valence-electron chi connectivity index (χ1n) is 8.96. The molecule has 0 bridgehead atoms. The van der Waals surface area contributed by atoms with Crippen molar-refractivity contribution >= 4 is 17.5 Å². The first-order chi connectivity index (χ1) is 13.0. The van der Waals surface area contributed by atoms with E-state index in [0.29, 0.717) is 24.5 Å². The third-order valence-electron chi connectivity index (χ3n) is 4.12. The number of hydrogen-bond acceptors (Lipinski definition) is 4. The fourth-order valence-electron chi connectivity index (χ4n) is 2.71. The minimum Gasteiger partial charge on any atom is -0.497 e. The van der Waals surface area contributed by atoms with Crippen LogP contribution in [-0.4, -0.2) is 55.4 Å². The molecule has 0 heterocycles. The molecule has 2 amide bonds. The van der Waals surface area contributed by atoms with Crippen LogP contribution in [0.3, 0.4) is 0 Å². The van der Waals surface area contributed by atoms with Crippen LogP contribution >= 0.6 is 0 Å². The van der Waals surface area contributed by atoms with E-state index in [1.807, 2.05) is 49.4 Å². The van der Waals surface area contributed by atoms with Crippen molar-refractivity contribution in [1.29, 1.82) is 0 Å². The fourth-order valence-corrected chi connectivity index (χ4v) is 2.71. The molecule has 0 aliphatic carbocycles. The van der Waals surface area contributed by atoms with Crippen LogP contribution < -0.4 is 10.1 Å². The Bertz CT molecular complexity index is 749. The summed E-state index contributed by atoms with van der Waals surface area (Å²) < 4.78 is 5.15. The second-order valence-electron chi connectivity index (χ2n) is 6.35. The van der Waals surface area contributed by atoms with Gasteiger partial charge in [0.05, 0.1) is 20.2 Å². The van der Waals surface area contributed by atoms with E-state index in [0.717, 1.165) is 5.56 Å². The number of nitrogens with one attached hydrogen (secondary N) is 1. The zero-order valence-electron chi connectivity index (χ0n) is 16.1. The van der Waals surface area contributed by atoms with E-state index in [2.05, 4.69) is 5.32 Å². The lowest BCUT2D eigenvalue weighted by molar-refractivity contribution is -0.132. The van der Waals surface area contributed by atoms with Gasteiger partial charge in [0.1, 0.15) is 5.75 Å². The van der Waals surface area contributed by atoms with Crippen LogP contribution in [0.4, 0.5) is 5.69 Å². The molecule has 0 radical (unpaired) electrons. The van der Waals surface area contributed by atoms with Gasteiger partial charge in [-0.05, 0) is 31.7 Å². The van der Waals surface area contributed by atoms with Crippen LogP contribution in [0.5, 0.6) is 5.75 Å². The number of methoxy groups -OCH3 is 1. The normalized spacial score (nSPS) is 10.5. The molecule has 6 nitrogen and oxygen atoms in total. The predicted octanol–water partition coefficient (Wildman–Crippen LogP) is 2.61. The Balaban J connectivity index is 1.84. The molecule has 6 heteroatoms. The number of likely N-dealkylation sites (N-methyl/N-ethyl adjacent to an activating group) is 2. The minimum atomic E-state index is -0.176. The van der Waals surface area contributed by atoms with Crippen LogP contribution in [0.25, 0.3) is 0 Å². The number of benzene rings is 2. The van der Waals surface area contributed by atoms with Gasteiger partial charge >= 0.3 is 0 Å². The lowest BCUT2D eigenvalue weighted by Gasteiger charge is -2.24. The smallest absolute Gasteiger partial charge is 0.238 e. The number of hydrogen-bond donors (Lipinski definition) is 1. The number of ether oxygens (including phenoxy) is 1. The van der Waals surface area contributed by atoms with E-state index in [1.165, 1.54) is 0 Å². The quantitative estimate of drug-likeness (QED) is 0.738. The molecule has 0 fully saturated rings. The van der Waals surface area contributed by atoms with Gasteiger partial charge in [-0.1, -0.05) is 36.4 Å². The summed E-state index contributed by atoms with van der Waals surface area (Å²) in [4.78, 5) is 28.3. The molecule has 0 saturated heterocycles. The fraction of sp³-hybridized carbons (Fsp3) is 0.333. The van der Waals surface area contributed by atoms with Gasteiger partial charge in [-0.15, -0.1) is 0 Å². The van der Waals surface area contributed by atoms with Gasteiger partial charge in [-0.25, -0.2) is 0 Å². The highest BCUT2D eigenvalue weighted by Crippen LogP contribution is 2.16. The molecule has 144 valence electrons. The van der Waals surface area contributed by atoms with Gasteiger partial charge in [0, 0.05) is 24.8 Å². The molecule has 0 atom stereocenters. The molecule has 0 aromatic heterocycles. The number of anilines is 1. The van der Waals surface area contributed by atoms with Crippen LogP contribution in [-0.2, 0) is 16.1 Å². The van der Waals surface area contributed by atoms with Crippen molar-refractivity contribution < 1.29 is 14.3 Å². The van der Waals surface area contributed by atoms with E-state index in [4.69, 9.17) is 4.74 Å². The first-order valence-corrected chi connectivity index (χ1v) is 8.96. The van der Waals surface area contributed by atoms with Crippen molar-refractivity contribution in [3.8, 4) is 5.75 Å². The van der Waals surface area contributed by atoms with Crippen molar-refractivity contribution in [2.24, 2.45) is 0 Å². The molecule has 0 aliphatic heterocycles. The Kier molecular flexibility index (Phi) is 7.82. The molecule has 1 N–H and O–H groups in total. The number of carbonyl (C=O) groups excluding carboxylic acids is 2. The number of amides is 2. The van der Waals surface area contributed by atoms with Gasteiger partial charge in [0.2, 0.25) is 11.8 Å². The van der Waals surface area contributed by atoms with Gasteiger partial charge in [-0.3, -0.25) is 14.5 Å². The van der Waals surface area contributed by atoms with Crippen molar-refractivity contribution in [3.63, 3.8) is 0 Å². The maximum absolute atomic E-state index is 12.5. The van der Waals surface area contributed by atoms with Crippen molar-refractivity contribution in [2.45, 2.75) is 13.5 Å². The average Bonchev–Trinajstić information content (AvgIpc) is 2.66. The summed E-state index contributed by atoms with van der Waals surface area (Å²) in [6.07, 6.45) is 0. The minimum absolute atomic E-state index is 0.00182. The second-order valence-corrected chi connectivity index (χ2v) is 6.35. The lowest BCUT2D eigenvalue weighted by atomic mass is 10.2. The summed E-state index contributed by atoms with van der Waals surface area (Å²) in [6.45, 7) is 3.46. The lowest BCUT2D eigenvalue weighted by Crippen LogP contribution is -2.41. The van der Waals surface area contributed by atoms with Crippen LogP contribution in [0.2, 0.25) is 0 Å². The van der Waals surface area contributed by atoms with E-state index >= 15 is 0 Å². The highest BCUT2D eigenvalue weighted by molar-refractivity contribution is 5.92. The summed E-state index contributed by atoms with van der Waals surface area (Å²) in [5.41, 5.74) is 1.75. The SMILES string of the molecule is CCN(Cc1ccccc1)C(=O)CN(C)CC(=O)Nc1cccc(OC)c1. The molecular weight excluding hydrogens is 342 g/mol. The van der Waals surface area contributed by atoms with Gasteiger partial charge in [0.15, 0.2) is 0 Å². The maximum Gasteiger partial charge on any atom is 0.238 e. The van der Waals surface area contributed by atoms with Crippen molar-refractivity contribution in [3.05, 3.63) is 60.2 Å². The Labute approximate surface area is 160 Å². The molecule has 2 aromatic rings. The van der Waals surface area contributed by atoms with E-state index in [1.54, 1.807) is 36.1 Å². The first kappa shape index (κ1) is 20.5. The predicted molar refractivity (Wildman–Crippen MR) is 107 cm³/mol. The summed E-state index contributed by atoms with van der Waals surface area (Å²) >= 11 is 0. The van der Waals surface area contributed by atoms with E-state index in [-0.39, 0.29) is 24.9 Å². The molecule has 2 rings (SSSR count). The molecule has 0 saturated carbocycles. The maximum atomic E-state index is 12.5. The third-order valence-corrected chi connectivity index (χ3v) is 4.12. The van der Waals surface area contributed by atoms with Crippen LogP contribution in [0, 0.1) is 0 Å². The molecule has 0 spiro atoms. The van der Waals surface area contributed by atoms with Crippen molar-refractivity contribution in [1.82, 2.24) is 9.80 Å². The summed E-state index contributed by atoms with van der Waals surface area (Å²) in [5, 5.41) is 2.82. The summed E-state index contributed by atoms with van der Waals surface area (Å²) in [7, 11) is 3.34. The largest absolute Gasteiger partial charge is 0.497 e. The van der Waals surface area contributed by atoms with E-state index < -0.39 is 0 Å². The molecule has 0 unspecified atom stereocenters. The number of carbonyl (C=O) groups is 2. The standard InChI is InChI=1S/C21H27N3O3/c1-4-24(14-17-9-6-5-7-10-17)21(26)16-23(2)15-20(25)22-18-11-8-12-19(13-18)27-3/h5-13H,4,14-16H2,1-3H3,(H,22,25). The highest BCUT2D eigenvalue weighted by atomic mass is 16.5. The second kappa shape index (κ2) is 10.3. The van der Waals surface area contributed by atoms with Gasteiger partial charge in [0.25, 0.3) is 0 Å². The Morgan fingerprint density at radius 2 is 1.78 bits per heavy atom. The third kappa shape index (κ3) is 6.75. The Hall–Kier alpha value is -2.86. The molecule has 2 aromatic carbocycles. The topological polar surface area (TPSA) is 61.9 Å². The Morgan fingerprint density at radius 1 is 1.04 bits per heavy atom. The average molecular weight is 369 g/mol. The van der Waals surface area contributed by atoms with Crippen LogP contribution in [0.1, 0.15) is 12.5 Å². The van der Waals surface area contributed by atoms with E-state index in [9.17, 15) is 9.59 Å². The zero-order chi connectivity index (χ0) is 19.6. The number of rotatable bonds is 9. The Morgan fingerprint density at radius 3 is 2.44 bits per heavy atom. The zero-order valence-corrected chi connectivity index (χ0v) is 16.1. The van der Waals surface area contributed by atoms with Gasteiger partial charge in [-0.2, -0.15) is 0 Å². The molecule has 0 aliphatic rings. The van der Waals surface area contributed by atoms with Gasteiger partial charge < -0.3 is 15.0 Å². The monoisotopic (exact) mass is 369 g/mol.